The highest BCUT2D eigenvalue weighted by Crippen LogP contribution is 2.37. The van der Waals surface area contributed by atoms with Gasteiger partial charge in [-0.25, -0.2) is 17.9 Å². The lowest BCUT2D eigenvalue weighted by molar-refractivity contribution is 0.422. The fourth-order valence-electron chi connectivity index (χ4n) is 4.73. The minimum atomic E-state index is -3.12. The Hall–Kier alpha value is -0.513. The molecule has 1 aliphatic rings. The molecule has 1 aromatic rings. The van der Waals surface area contributed by atoms with E-state index in [9.17, 15) is 14.0 Å². The predicted molar refractivity (Wildman–Crippen MR) is 151 cm³/mol. The number of halogens is 2. The third-order valence-corrected chi connectivity index (χ3v) is 18.5. The third-order valence-electron chi connectivity index (χ3n) is 7.46. The Bertz CT molecular complexity index is 1090. The van der Waals surface area contributed by atoms with Gasteiger partial charge in [0.05, 0.1) is 29.6 Å². The van der Waals surface area contributed by atoms with Crippen LogP contribution in [-0.4, -0.2) is 43.6 Å². The van der Waals surface area contributed by atoms with Crippen molar-refractivity contribution >= 4 is 50.3 Å². The highest BCUT2D eigenvalue weighted by atomic mass is 79.9. The van der Waals surface area contributed by atoms with Crippen LogP contribution in [0.5, 0.6) is 0 Å². The lowest BCUT2D eigenvalue weighted by atomic mass is 10.0. The van der Waals surface area contributed by atoms with Crippen molar-refractivity contribution in [2.24, 2.45) is 4.36 Å². The van der Waals surface area contributed by atoms with E-state index in [2.05, 4.69) is 56.8 Å². The molecule has 1 aromatic heterocycles. The Morgan fingerprint density at radius 1 is 1.31 bits per heavy atom. The molecule has 0 bridgehead atoms. The Labute approximate surface area is 223 Å². The van der Waals surface area contributed by atoms with Crippen LogP contribution < -0.4 is 9.91 Å². The van der Waals surface area contributed by atoms with Crippen LogP contribution in [0.25, 0.3) is 0 Å². The highest BCUT2D eigenvalue weighted by molar-refractivity contribution is 9.10. The van der Waals surface area contributed by atoms with E-state index >= 15 is 4.39 Å². The van der Waals surface area contributed by atoms with E-state index in [0.29, 0.717) is 29.2 Å². The maximum atomic E-state index is 16.5. The van der Waals surface area contributed by atoms with Crippen LogP contribution in [0.4, 0.5) is 4.39 Å². The number of nitrogens with one attached hydrogen (secondary N) is 1. The third kappa shape index (κ3) is 5.98. The molecule has 3 unspecified atom stereocenters. The monoisotopic (exact) mass is 606 g/mol. The van der Waals surface area contributed by atoms with Crippen molar-refractivity contribution in [3.63, 3.8) is 0 Å². The normalized spacial score (nSPS) is 25.9. The molecule has 0 radical (unpaired) electrons. The molecule has 1 N–H and O–H groups in total. The molecular formula is C24H40BrFN4O2S2Si. The van der Waals surface area contributed by atoms with Crippen molar-refractivity contribution in [1.29, 1.82) is 5.26 Å². The largest absolute Gasteiger partial charge is 0.598 e. The molecule has 35 heavy (non-hydrogen) atoms. The molecule has 2 heterocycles. The van der Waals surface area contributed by atoms with Crippen LogP contribution in [0.2, 0.25) is 18.1 Å². The van der Waals surface area contributed by atoms with Crippen LogP contribution in [0.15, 0.2) is 15.0 Å². The van der Waals surface area contributed by atoms with E-state index in [1.165, 1.54) is 0 Å². The molecule has 0 saturated carbocycles. The fraction of sp³-hybridized carbons (Fsp3) is 0.750. The van der Waals surface area contributed by atoms with Crippen LogP contribution in [-0.2, 0) is 26.6 Å². The minimum Gasteiger partial charge on any atom is -0.598 e. The number of hydrogen-bond donors (Lipinski definition) is 1. The summed E-state index contributed by atoms with van der Waals surface area (Å²) in [5.41, 5.74) is -1.30. The second-order valence-electron chi connectivity index (χ2n) is 10.9. The maximum absolute atomic E-state index is 16.5. The Morgan fingerprint density at radius 3 is 2.37 bits per heavy atom. The SMILES string of the molecule is CC[Si](CC)(CC)c1cc(Br)nc(C(C)(CS2(=O)=NCCCC2(C)C#N)N[S@+]([O-])C(C)(C)C)c1F. The first-order valence-corrected chi connectivity index (χ1v) is 18.5. The summed E-state index contributed by atoms with van der Waals surface area (Å²) in [6.45, 7) is 15.5. The Morgan fingerprint density at radius 2 is 1.89 bits per heavy atom. The van der Waals surface area contributed by atoms with E-state index in [1.54, 1.807) is 19.9 Å². The van der Waals surface area contributed by atoms with Crippen molar-refractivity contribution in [3.8, 4) is 6.07 Å². The molecule has 0 aliphatic carbocycles. The van der Waals surface area contributed by atoms with Crippen molar-refractivity contribution in [2.75, 3.05) is 12.3 Å². The fourth-order valence-corrected chi connectivity index (χ4v) is 12.7. The van der Waals surface area contributed by atoms with Crippen molar-refractivity contribution in [3.05, 3.63) is 22.2 Å². The van der Waals surface area contributed by atoms with Gasteiger partial charge in [0.15, 0.2) is 0 Å². The molecule has 0 saturated heterocycles. The number of aromatic nitrogens is 1. The Kier molecular flexibility index (Phi) is 9.72. The second kappa shape index (κ2) is 11.1. The number of pyridine rings is 1. The van der Waals surface area contributed by atoms with Gasteiger partial charge < -0.3 is 4.55 Å². The summed E-state index contributed by atoms with van der Waals surface area (Å²) in [5, 5.41) is 10.6. The van der Waals surface area contributed by atoms with Crippen molar-refractivity contribution in [2.45, 2.75) is 101 Å². The van der Waals surface area contributed by atoms with E-state index in [-0.39, 0.29) is 11.4 Å². The van der Waals surface area contributed by atoms with Crippen molar-refractivity contribution in [1.82, 2.24) is 9.71 Å². The summed E-state index contributed by atoms with van der Waals surface area (Å²) in [7, 11) is -5.27. The maximum Gasteiger partial charge on any atom is 0.146 e. The van der Waals surface area contributed by atoms with Gasteiger partial charge in [-0.3, -0.25) is 0 Å². The molecule has 4 atom stereocenters. The predicted octanol–water partition coefficient (Wildman–Crippen LogP) is 5.51. The van der Waals surface area contributed by atoms with Crippen LogP contribution >= 0.6 is 15.9 Å². The average molecular weight is 608 g/mol. The van der Waals surface area contributed by atoms with Gasteiger partial charge in [-0.05, 0) is 74.6 Å². The van der Waals surface area contributed by atoms with E-state index in [0.717, 1.165) is 18.1 Å². The molecule has 0 aromatic carbocycles. The zero-order chi connectivity index (χ0) is 26.9. The zero-order valence-corrected chi connectivity index (χ0v) is 26.5. The first-order valence-electron chi connectivity index (χ1n) is 12.2. The van der Waals surface area contributed by atoms with Gasteiger partial charge in [0.1, 0.15) is 31.1 Å². The summed E-state index contributed by atoms with van der Waals surface area (Å²) in [4.78, 5) is 4.54. The quantitative estimate of drug-likeness (QED) is 0.227. The van der Waals surface area contributed by atoms with Gasteiger partial charge in [0.25, 0.3) is 0 Å². The number of nitriles is 1. The van der Waals surface area contributed by atoms with Crippen LogP contribution in [0.1, 0.15) is 73.9 Å². The molecule has 0 fully saturated rings. The summed E-state index contributed by atoms with van der Waals surface area (Å²) in [6.07, 6.45) is 1.12. The van der Waals surface area contributed by atoms with Gasteiger partial charge in [-0.2, -0.15) is 5.26 Å². The van der Waals surface area contributed by atoms with Gasteiger partial charge in [0, 0.05) is 17.9 Å². The number of hydrogen-bond acceptors (Lipinski definition) is 6. The van der Waals surface area contributed by atoms with Crippen LogP contribution in [0.3, 0.4) is 0 Å². The smallest absolute Gasteiger partial charge is 0.146 e. The molecule has 2 rings (SSSR count). The second-order valence-corrected chi connectivity index (χ2v) is 21.6. The van der Waals surface area contributed by atoms with E-state index < -0.39 is 50.0 Å². The number of nitrogens with zero attached hydrogens (tertiary/aromatic N) is 3. The van der Waals surface area contributed by atoms with Gasteiger partial charge in [-0.1, -0.05) is 38.9 Å². The standard InChI is InChI=1S/C24H40BrFN4O2S2Si/c1-9-35(10-2,11-3)18-15-19(25)29-21(20(18)26)24(8,30-33(31)22(4,5)6)17-34(32)23(7,16-27)13-12-14-28-34/h15,30H,9-14,17H2,1-8H3/t23?,24?,33-,34?/m1/s1. The summed E-state index contributed by atoms with van der Waals surface area (Å²) in [5.74, 6) is -0.589. The lowest BCUT2D eigenvalue weighted by Crippen LogP contribution is -2.57. The zero-order valence-electron chi connectivity index (χ0n) is 22.3. The van der Waals surface area contributed by atoms with Gasteiger partial charge >= 0.3 is 0 Å². The molecule has 11 heteroatoms. The summed E-state index contributed by atoms with van der Waals surface area (Å²) in [6, 6.07) is 6.65. The van der Waals surface area contributed by atoms with Crippen molar-refractivity contribution < 1.29 is 13.2 Å². The molecule has 198 valence electrons. The molecular weight excluding hydrogens is 567 g/mol. The van der Waals surface area contributed by atoms with E-state index in [1.807, 2.05) is 20.8 Å². The van der Waals surface area contributed by atoms with Gasteiger partial charge in [0.2, 0.25) is 0 Å². The topological polar surface area (TPSA) is 101 Å². The van der Waals surface area contributed by atoms with Crippen LogP contribution in [0, 0.1) is 17.1 Å². The molecule has 6 nitrogen and oxygen atoms in total. The first kappa shape index (κ1) is 30.7. The highest BCUT2D eigenvalue weighted by Gasteiger charge is 2.49. The Balaban J connectivity index is 2.84. The minimum absolute atomic E-state index is 0.0792. The average Bonchev–Trinajstić information content (AvgIpc) is 2.78. The first-order chi connectivity index (χ1) is 16.1. The number of rotatable bonds is 9. The molecule has 0 amide bonds. The van der Waals surface area contributed by atoms with E-state index in [4.69, 9.17) is 0 Å². The summed E-state index contributed by atoms with van der Waals surface area (Å²) >= 11 is 1.88. The van der Waals surface area contributed by atoms with Gasteiger partial charge in [-0.15, -0.1) is 4.72 Å². The lowest BCUT2D eigenvalue weighted by Gasteiger charge is -2.39. The molecule has 0 spiro atoms. The summed E-state index contributed by atoms with van der Waals surface area (Å²) < 4.78 is 50.3. The molecule has 1 aliphatic heterocycles.